The van der Waals surface area contributed by atoms with E-state index >= 15 is 0 Å². The molecule has 0 fully saturated rings. The molecular weight excluding hydrogens is 504 g/mol. The van der Waals surface area contributed by atoms with Gasteiger partial charge in [-0.15, -0.1) is 0 Å². The first-order valence-electron chi connectivity index (χ1n) is 10.6. The lowest BCUT2D eigenvalue weighted by molar-refractivity contribution is -0.123. The molecule has 172 valence electrons. The van der Waals surface area contributed by atoms with Crippen molar-refractivity contribution in [3.63, 3.8) is 0 Å². The van der Waals surface area contributed by atoms with Crippen molar-refractivity contribution in [2.75, 3.05) is 17.5 Å². The van der Waals surface area contributed by atoms with Gasteiger partial charge < -0.3 is 10.1 Å². The second kappa shape index (κ2) is 9.57. The number of hydrogen-bond donors (Lipinski definition) is 1. The Morgan fingerprint density at radius 3 is 2.58 bits per heavy atom. The zero-order valence-electron chi connectivity index (χ0n) is 18.4. The Morgan fingerprint density at radius 2 is 1.85 bits per heavy atom. The average molecular weight is 529 g/mol. The van der Waals surface area contributed by atoms with Crippen molar-refractivity contribution in [2.45, 2.75) is 31.2 Å². The first-order valence-corrected chi connectivity index (χ1v) is 12.9. The molecule has 8 heteroatoms. The van der Waals surface area contributed by atoms with E-state index in [4.69, 9.17) is 4.74 Å². The predicted molar refractivity (Wildman–Crippen MR) is 132 cm³/mol. The van der Waals surface area contributed by atoms with Gasteiger partial charge in [0.1, 0.15) is 5.75 Å². The Labute approximate surface area is 202 Å². The van der Waals surface area contributed by atoms with Crippen molar-refractivity contribution < 1.29 is 17.9 Å². The first-order chi connectivity index (χ1) is 15.8. The second-order valence-electron chi connectivity index (χ2n) is 8.01. The number of ether oxygens (including phenoxy) is 1. The predicted octanol–water partition coefficient (Wildman–Crippen LogP) is 4.77. The Kier molecular flexibility index (Phi) is 6.76. The van der Waals surface area contributed by atoms with Gasteiger partial charge in [-0.25, -0.2) is 8.42 Å². The number of amides is 1. The molecule has 3 aromatic carbocycles. The van der Waals surface area contributed by atoms with Crippen LogP contribution < -0.4 is 14.4 Å². The average Bonchev–Trinajstić information content (AvgIpc) is 3.23. The largest absolute Gasteiger partial charge is 0.484 e. The fraction of sp³-hybridized carbons (Fsp3) is 0.240. The Bertz CT molecular complexity index is 1280. The van der Waals surface area contributed by atoms with E-state index in [-0.39, 0.29) is 23.5 Å². The molecule has 0 aliphatic carbocycles. The molecule has 0 bridgehead atoms. The van der Waals surface area contributed by atoms with Crippen LogP contribution in [0.15, 0.2) is 76.1 Å². The molecule has 1 amide bonds. The quantitative estimate of drug-likeness (QED) is 0.479. The maximum absolute atomic E-state index is 13.2. The number of carbonyl (C=O) groups is 1. The maximum Gasteiger partial charge on any atom is 0.264 e. The molecule has 0 saturated carbocycles. The molecule has 3 aromatic rings. The van der Waals surface area contributed by atoms with Crippen LogP contribution in [0.5, 0.6) is 5.75 Å². The molecular formula is C25H25BrN2O4S. The second-order valence-corrected chi connectivity index (χ2v) is 10.8. The monoisotopic (exact) mass is 528 g/mol. The number of nitrogens with zero attached hydrogens (tertiary/aromatic N) is 1. The van der Waals surface area contributed by atoms with Crippen LogP contribution in [0.4, 0.5) is 5.69 Å². The molecule has 33 heavy (non-hydrogen) atoms. The highest BCUT2D eigenvalue weighted by Gasteiger charge is 2.30. The lowest BCUT2D eigenvalue weighted by Gasteiger charge is -2.20. The van der Waals surface area contributed by atoms with Crippen LogP contribution in [-0.2, 0) is 21.2 Å². The summed E-state index contributed by atoms with van der Waals surface area (Å²) in [6.45, 7) is 3.94. The van der Waals surface area contributed by atoms with Crippen LogP contribution in [0.1, 0.15) is 29.7 Å². The summed E-state index contributed by atoms with van der Waals surface area (Å²) in [6.07, 6.45) is 0.698. The topological polar surface area (TPSA) is 75.7 Å². The molecule has 0 saturated heterocycles. The van der Waals surface area contributed by atoms with Crippen LogP contribution in [0.3, 0.4) is 0 Å². The highest BCUT2D eigenvalue weighted by Crippen LogP contribution is 2.33. The lowest BCUT2D eigenvalue weighted by Crippen LogP contribution is -2.31. The molecule has 6 nitrogen and oxygen atoms in total. The third-order valence-corrected chi connectivity index (χ3v) is 8.02. The zero-order valence-corrected chi connectivity index (χ0v) is 20.8. The van der Waals surface area contributed by atoms with E-state index in [1.807, 2.05) is 55.5 Å². The van der Waals surface area contributed by atoms with Gasteiger partial charge in [-0.2, -0.15) is 0 Å². The van der Waals surface area contributed by atoms with Crippen molar-refractivity contribution in [2.24, 2.45) is 0 Å². The molecule has 1 unspecified atom stereocenters. The number of fused-ring (bicyclic) bond motifs is 1. The Hall–Kier alpha value is -2.84. The third-order valence-electron chi connectivity index (χ3n) is 5.69. The number of rotatable bonds is 7. The van der Waals surface area contributed by atoms with E-state index in [1.165, 1.54) is 10.4 Å². The summed E-state index contributed by atoms with van der Waals surface area (Å²) in [4.78, 5) is 12.6. The molecule has 0 aromatic heterocycles. The molecule has 1 atom stereocenters. The van der Waals surface area contributed by atoms with Crippen molar-refractivity contribution >= 4 is 37.5 Å². The summed E-state index contributed by atoms with van der Waals surface area (Å²) in [5.74, 6) is 0.220. The van der Waals surface area contributed by atoms with Crippen molar-refractivity contribution in [1.82, 2.24) is 5.32 Å². The highest BCUT2D eigenvalue weighted by atomic mass is 79.9. The van der Waals surface area contributed by atoms with Gasteiger partial charge in [0.2, 0.25) is 0 Å². The lowest BCUT2D eigenvalue weighted by atomic mass is 10.1. The maximum atomic E-state index is 13.2. The van der Waals surface area contributed by atoms with Crippen molar-refractivity contribution in [3.05, 3.63) is 87.9 Å². The van der Waals surface area contributed by atoms with E-state index in [1.54, 1.807) is 19.1 Å². The van der Waals surface area contributed by atoms with Gasteiger partial charge in [-0.1, -0.05) is 46.3 Å². The van der Waals surface area contributed by atoms with Crippen LogP contribution in [0.25, 0.3) is 0 Å². The third kappa shape index (κ3) is 5.07. The molecule has 0 spiro atoms. The summed E-state index contributed by atoms with van der Waals surface area (Å²) in [5.41, 5.74) is 3.39. The number of carbonyl (C=O) groups excluding carboxylic acids is 1. The Balaban J connectivity index is 1.41. The summed E-state index contributed by atoms with van der Waals surface area (Å²) < 4.78 is 34.5. The molecule has 1 aliphatic rings. The number of hydrogen-bond acceptors (Lipinski definition) is 4. The van der Waals surface area contributed by atoms with Gasteiger partial charge in [0.15, 0.2) is 6.61 Å². The van der Waals surface area contributed by atoms with Gasteiger partial charge in [0.05, 0.1) is 16.6 Å². The van der Waals surface area contributed by atoms with Crippen LogP contribution in [-0.4, -0.2) is 27.5 Å². The van der Waals surface area contributed by atoms with Gasteiger partial charge in [0.25, 0.3) is 15.9 Å². The van der Waals surface area contributed by atoms with Gasteiger partial charge in [0, 0.05) is 11.0 Å². The van der Waals surface area contributed by atoms with E-state index in [0.717, 1.165) is 21.3 Å². The normalized spacial score (nSPS) is 14.0. The van der Waals surface area contributed by atoms with Crippen LogP contribution >= 0.6 is 15.9 Å². The standard InChI is InChI=1S/C25H25BrN2O4S/c1-17-15-22(33(30,31)28-14-13-20-5-3-4-6-23(20)28)11-12-24(17)32-16-25(29)27-18(2)19-7-9-21(26)10-8-19/h3-12,15,18H,13-14,16H2,1-2H3,(H,27,29). The molecule has 1 aliphatic heterocycles. The summed E-state index contributed by atoms with van der Waals surface area (Å²) >= 11 is 3.40. The number of sulfonamides is 1. The SMILES string of the molecule is Cc1cc(S(=O)(=O)N2CCc3ccccc32)ccc1OCC(=O)NC(C)c1ccc(Br)cc1. The minimum Gasteiger partial charge on any atom is -0.484 e. The highest BCUT2D eigenvalue weighted by molar-refractivity contribution is 9.10. The fourth-order valence-corrected chi connectivity index (χ4v) is 5.74. The number of aryl methyl sites for hydroxylation is 1. The van der Waals surface area contributed by atoms with Crippen molar-refractivity contribution in [1.29, 1.82) is 0 Å². The smallest absolute Gasteiger partial charge is 0.264 e. The van der Waals surface area contributed by atoms with Gasteiger partial charge >= 0.3 is 0 Å². The fourth-order valence-electron chi connectivity index (χ4n) is 3.89. The van der Waals surface area contributed by atoms with Gasteiger partial charge in [-0.05, 0) is 73.4 Å². The minimum atomic E-state index is -3.68. The number of benzene rings is 3. The summed E-state index contributed by atoms with van der Waals surface area (Å²) in [5, 5.41) is 2.91. The molecule has 1 heterocycles. The van der Waals surface area contributed by atoms with E-state index in [2.05, 4.69) is 21.2 Å². The first kappa shape index (κ1) is 23.3. The molecule has 0 radical (unpaired) electrons. The van der Waals surface area contributed by atoms with Crippen LogP contribution in [0.2, 0.25) is 0 Å². The number of anilines is 1. The number of nitrogens with one attached hydrogen (secondary N) is 1. The zero-order chi connectivity index (χ0) is 23.6. The summed E-state index contributed by atoms with van der Waals surface area (Å²) in [6, 6.07) is 19.8. The number of para-hydroxylation sites is 1. The van der Waals surface area contributed by atoms with E-state index in [9.17, 15) is 13.2 Å². The van der Waals surface area contributed by atoms with Gasteiger partial charge in [-0.3, -0.25) is 9.10 Å². The number of halogens is 1. The van der Waals surface area contributed by atoms with E-state index in [0.29, 0.717) is 24.3 Å². The minimum absolute atomic E-state index is 0.159. The van der Waals surface area contributed by atoms with E-state index < -0.39 is 10.0 Å². The van der Waals surface area contributed by atoms with Crippen molar-refractivity contribution in [3.8, 4) is 5.75 Å². The van der Waals surface area contributed by atoms with Crippen LogP contribution in [0, 0.1) is 6.92 Å². The molecule has 1 N–H and O–H groups in total. The molecule has 4 rings (SSSR count). The summed E-state index contributed by atoms with van der Waals surface area (Å²) in [7, 11) is -3.68. The Morgan fingerprint density at radius 1 is 1.12 bits per heavy atom.